The zero-order chi connectivity index (χ0) is 25.4. The molecule has 0 fully saturated rings. The Kier molecular flexibility index (Phi) is 6.00. The molecule has 0 spiro atoms. The fraction of sp³-hybridized carbons (Fsp3) is 0.333. The summed E-state index contributed by atoms with van der Waals surface area (Å²) in [6.45, 7) is 3.41. The Morgan fingerprint density at radius 1 is 0.639 bits per heavy atom. The number of hydrogen-bond acceptors (Lipinski definition) is 12. The van der Waals surface area contributed by atoms with E-state index in [9.17, 15) is 19.2 Å². The van der Waals surface area contributed by atoms with E-state index >= 15 is 0 Å². The minimum atomic E-state index is -0.487. The summed E-state index contributed by atoms with van der Waals surface area (Å²) in [6, 6.07) is 3.17. The molecule has 2 heterocycles. The third kappa shape index (κ3) is 4.21. The van der Waals surface area contributed by atoms with Crippen molar-refractivity contribution in [2.24, 2.45) is 10.2 Å². The maximum absolute atomic E-state index is 13.1. The Morgan fingerprint density at radius 2 is 1.00 bits per heavy atom. The Morgan fingerprint density at radius 3 is 1.33 bits per heavy atom. The molecule has 4 aromatic rings. The first kappa shape index (κ1) is 23.3. The van der Waals surface area contributed by atoms with Crippen molar-refractivity contribution in [2.45, 2.75) is 52.4 Å². The Bertz CT molecular complexity index is 1630. The molecular formula is C24H22N6O6. The maximum atomic E-state index is 13.1. The summed E-state index contributed by atoms with van der Waals surface area (Å²) in [5.74, 6) is 1.65. The number of aromatic nitrogens is 2. The second-order valence-corrected chi connectivity index (χ2v) is 8.73. The lowest BCUT2D eigenvalue weighted by molar-refractivity contribution is 0.399. The molecule has 12 nitrogen and oxygen atoms in total. The smallest absolute Gasteiger partial charge is 0.213 e. The Balaban J connectivity index is 1.50. The summed E-state index contributed by atoms with van der Waals surface area (Å²) in [6.07, 6.45) is 2.21. The van der Waals surface area contributed by atoms with Gasteiger partial charge < -0.3 is 9.05 Å². The van der Waals surface area contributed by atoms with Crippen molar-refractivity contribution in [3.63, 3.8) is 0 Å². The zero-order valence-corrected chi connectivity index (χ0v) is 19.6. The normalized spacial score (nSPS) is 15.1. The van der Waals surface area contributed by atoms with Crippen molar-refractivity contribution < 1.29 is 9.05 Å². The predicted molar refractivity (Wildman–Crippen MR) is 128 cm³/mol. The number of rotatable bonds is 4. The van der Waals surface area contributed by atoms with Gasteiger partial charge >= 0.3 is 0 Å². The molecule has 0 aliphatic heterocycles. The van der Waals surface area contributed by atoms with Crippen molar-refractivity contribution in [1.82, 2.24) is 10.3 Å². The van der Waals surface area contributed by atoms with Crippen LogP contribution in [0.1, 0.15) is 46.6 Å². The van der Waals surface area contributed by atoms with E-state index < -0.39 is 21.7 Å². The number of fused-ring (bicyclic) bond motifs is 2. The van der Waals surface area contributed by atoms with Crippen molar-refractivity contribution in [3.8, 4) is 0 Å². The molecule has 0 radical (unpaired) electrons. The van der Waals surface area contributed by atoms with Crippen molar-refractivity contribution in [3.05, 3.63) is 97.5 Å². The van der Waals surface area contributed by atoms with Crippen LogP contribution in [0.15, 0.2) is 50.6 Å². The topological polar surface area (TPSA) is 169 Å². The molecule has 2 N–H and O–H groups in total. The van der Waals surface area contributed by atoms with Crippen molar-refractivity contribution >= 4 is 11.6 Å². The first-order valence-electron chi connectivity index (χ1n) is 11.5. The van der Waals surface area contributed by atoms with Gasteiger partial charge in [-0.2, -0.15) is 10.2 Å². The molecule has 5 rings (SSSR count). The minimum Gasteiger partial charge on any atom is -0.359 e. The quantitative estimate of drug-likeness (QED) is 0.371. The molecule has 12 heteroatoms. The van der Waals surface area contributed by atoms with Crippen LogP contribution in [0.4, 0.5) is 11.6 Å². The predicted octanol–water partition coefficient (Wildman–Crippen LogP) is -0.00896. The van der Waals surface area contributed by atoms with Gasteiger partial charge in [-0.05, 0) is 52.4 Å². The van der Waals surface area contributed by atoms with E-state index in [2.05, 4.69) is 31.4 Å². The summed E-state index contributed by atoms with van der Waals surface area (Å²) in [5, 5.41) is 15.0. The van der Waals surface area contributed by atoms with Gasteiger partial charge in [-0.3, -0.25) is 30.0 Å². The summed E-state index contributed by atoms with van der Waals surface area (Å²) in [5.41, 5.74) is 4.82. The lowest BCUT2D eigenvalue weighted by Crippen LogP contribution is -2.34. The Hall–Kier alpha value is -4.48. The van der Waals surface area contributed by atoms with Gasteiger partial charge in [0.05, 0.1) is 0 Å². The van der Waals surface area contributed by atoms with E-state index in [1.165, 1.54) is 0 Å². The van der Waals surface area contributed by atoms with E-state index in [0.29, 0.717) is 59.5 Å². The SMILES string of the molecule is Cc1cc(NN=c2c(=O)c3c(c2=O)CCc2c(c(=O)c(=NNc4cc(C)on4)c2=O)CCCC3)no1. The second kappa shape index (κ2) is 9.29. The summed E-state index contributed by atoms with van der Waals surface area (Å²) in [7, 11) is 0. The highest BCUT2D eigenvalue weighted by Gasteiger charge is 2.23. The van der Waals surface area contributed by atoms with Crippen LogP contribution in [0.3, 0.4) is 0 Å². The molecule has 0 unspecified atom stereocenters. The standard InChI is InChI=1S/C24H22N6O6/c1-11-9-17(29-35-11)25-27-19-21(31)13-5-3-4-6-14-16(8-7-15(13)23(19)33)24(34)20(22(14)32)28-26-18-10-12(2)36-30-18/h9-10H,3-8H2,1-2H3,(H,25,29)(H,26,30). The number of nitrogens with zero attached hydrogens (tertiary/aromatic N) is 4. The van der Waals surface area contributed by atoms with E-state index in [1.807, 2.05) is 0 Å². The molecule has 0 bridgehead atoms. The van der Waals surface area contributed by atoms with Crippen LogP contribution >= 0.6 is 0 Å². The van der Waals surface area contributed by atoms with E-state index in [-0.39, 0.29) is 35.2 Å². The lowest BCUT2D eigenvalue weighted by atomic mass is 9.95. The van der Waals surface area contributed by atoms with Crippen LogP contribution in [0.5, 0.6) is 0 Å². The average molecular weight is 490 g/mol. The summed E-state index contributed by atoms with van der Waals surface area (Å²) < 4.78 is 9.90. The van der Waals surface area contributed by atoms with Gasteiger partial charge in [0.15, 0.2) is 22.4 Å². The third-order valence-electron chi connectivity index (χ3n) is 6.23. The van der Waals surface area contributed by atoms with Crippen LogP contribution in [0, 0.1) is 13.8 Å². The summed E-state index contributed by atoms with van der Waals surface area (Å²) in [4.78, 5) is 52.2. The maximum Gasteiger partial charge on any atom is 0.213 e. The van der Waals surface area contributed by atoms with Crippen LogP contribution < -0.4 is 43.3 Å². The first-order chi connectivity index (χ1) is 17.3. The monoisotopic (exact) mass is 490 g/mol. The Labute approximate surface area is 202 Å². The van der Waals surface area contributed by atoms with Gasteiger partial charge in [0.1, 0.15) is 11.5 Å². The third-order valence-corrected chi connectivity index (χ3v) is 6.23. The molecule has 0 saturated carbocycles. The fourth-order valence-corrected chi connectivity index (χ4v) is 4.50. The van der Waals surface area contributed by atoms with Gasteiger partial charge in [0, 0.05) is 34.4 Å². The summed E-state index contributed by atoms with van der Waals surface area (Å²) >= 11 is 0. The number of hydrogen-bond donors (Lipinski definition) is 2. The highest BCUT2D eigenvalue weighted by Crippen LogP contribution is 2.14. The fourth-order valence-electron chi connectivity index (χ4n) is 4.50. The minimum absolute atomic E-state index is 0.142. The first-order valence-corrected chi connectivity index (χ1v) is 11.5. The molecule has 1 aliphatic carbocycles. The largest absolute Gasteiger partial charge is 0.359 e. The molecule has 0 amide bonds. The van der Waals surface area contributed by atoms with Crippen LogP contribution in [0.2, 0.25) is 0 Å². The van der Waals surface area contributed by atoms with Crippen molar-refractivity contribution in [2.75, 3.05) is 10.9 Å². The molecule has 1 aliphatic rings. The molecular weight excluding hydrogens is 468 g/mol. The molecule has 184 valence electrons. The molecule has 0 atom stereocenters. The van der Waals surface area contributed by atoms with Crippen LogP contribution in [0.25, 0.3) is 0 Å². The zero-order valence-electron chi connectivity index (χ0n) is 19.6. The average Bonchev–Trinajstić information content (AvgIpc) is 3.57. The van der Waals surface area contributed by atoms with Crippen LogP contribution in [-0.2, 0) is 25.7 Å². The van der Waals surface area contributed by atoms with Gasteiger partial charge in [0.2, 0.25) is 21.7 Å². The highest BCUT2D eigenvalue weighted by atomic mass is 16.5. The molecule has 0 saturated heterocycles. The van der Waals surface area contributed by atoms with E-state index in [0.717, 1.165) is 0 Å². The lowest BCUT2D eigenvalue weighted by Gasteiger charge is -2.07. The number of anilines is 2. The van der Waals surface area contributed by atoms with Crippen LogP contribution in [-0.4, -0.2) is 10.3 Å². The highest BCUT2D eigenvalue weighted by molar-refractivity contribution is 5.37. The van der Waals surface area contributed by atoms with E-state index in [4.69, 9.17) is 9.05 Å². The van der Waals surface area contributed by atoms with Crippen molar-refractivity contribution in [1.29, 1.82) is 0 Å². The molecule has 2 aromatic carbocycles. The van der Waals surface area contributed by atoms with Gasteiger partial charge in [-0.25, -0.2) is 0 Å². The van der Waals surface area contributed by atoms with Gasteiger partial charge in [-0.15, -0.1) is 0 Å². The van der Waals surface area contributed by atoms with E-state index in [1.54, 1.807) is 26.0 Å². The molecule has 2 aromatic heterocycles. The number of nitrogens with one attached hydrogen (secondary N) is 2. The van der Waals surface area contributed by atoms with Gasteiger partial charge in [-0.1, -0.05) is 10.3 Å². The second-order valence-electron chi connectivity index (χ2n) is 8.73. The molecule has 36 heavy (non-hydrogen) atoms. The van der Waals surface area contributed by atoms with Gasteiger partial charge in [0.25, 0.3) is 0 Å². The number of aryl methyl sites for hydroxylation is 2.